The summed E-state index contributed by atoms with van der Waals surface area (Å²) in [5.41, 5.74) is 2.18. The van der Waals surface area contributed by atoms with Crippen LogP contribution in [0.25, 0.3) is 11.3 Å². The monoisotopic (exact) mass is 392 g/mol. The largest absolute Gasteiger partial charge is 0.368 e. The predicted molar refractivity (Wildman–Crippen MR) is 109 cm³/mol. The van der Waals surface area contributed by atoms with Crippen molar-refractivity contribution in [3.05, 3.63) is 82.9 Å². The topological polar surface area (TPSA) is 58.4 Å². The van der Waals surface area contributed by atoms with Crippen LogP contribution in [0.2, 0.25) is 0 Å². The minimum absolute atomic E-state index is 0.0872. The van der Waals surface area contributed by atoms with E-state index in [9.17, 15) is 14.0 Å². The third-order valence-electron chi connectivity index (χ3n) is 5.05. The number of hydrogen-bond acceptors (Lipinski definition) is 4. The SMILES string of the molecule is O=C(Cn1nc(-c2ccccc2)ccc1=O)N1CCN(c2ccc(F)cc2)CC1. The summed E-state index contributed by atoms with van der Waals surface area (Å²) in [7, 11) is 0. The van der Waals surface area contributed by atoms with Crippen molar-refractivity contribution in [2.75, 3.05) is 31.1 Å². The second kappa shape index (κ2) is 8.26. The molecule has 29 heavy (non-hydrogen) atoms. The summed E-state index contributed by atoms with van der Waals surface area (Å²) >= 11 is 0. The average molecular weight is 392 g/mol. The predicted octanol–water partition coefficient (Wildman–Crippen LogP) is 2.40. The second-order valence-corrected chi connectivity index (χ2v) is 6.92. The van der Waals surface area contributed by atoms with Crippen LogP contribution in [0.4, 0.5) is 10.1 Å². The normalized spacial score (nSPS) is 14.1. The van der Waals surface area contributed by atoms with Gasteiger partial charge in [0, 0.05) is 43.5 Å². The van der Waals surface area contributed by atoms with Gasteiger partial charge in [-0.1, -0.05) is 30.3 Å². The standard InChI is InChI=1S/C22H21FN4O2/c23-18-6-8-19(9-7-18)25-12-14-26(15-13-25)22(29)16-27-21(28)11-10-20(24-27)17-4-2-1-3-5-17/h1-11H,12-16H2. The third kappa shape index (κ3) is 4.34. The van der Waals surface area contributed by atoms with Crippen LogP contribution in [-0.2, 0) is 11.3 Å². The number of amides is 1. The Morgan fingerprint density at radius 1 is 0.897 bits per heavy atom. The van der Waals surface area contributed by atoms with Gasteiger partial charge in [-0.3, -0.25) is 9.59 Å². The highest BCUT2D eigenvalue weighted by Gasteiger charge is 2.22. The van der Waals surface area contributed by atoms with E-state index < -0.39 is 0 Å². The van der Waals surface area contributed by atoms with Gasteiger partial charge in [0.1, 0.15) is 12.4 Å². The van der Waals surface area contributed by atoms with Crippen molar-refractivity contribution in [2.24, 2.45) is 0 Å². The number of halogens is 1. The van der Waals surface area contributed by atoms with Crippen LogP contribution in [-0.4, -0.2) is 46.8 Å². The first-order valence-corrected chi connectivity index (χ1v) is 9.52. The molecule has 0 aliphatic carbocycles. The molecule has 3 aromatic rings. The van der Waals surface area contributed by atoms with Gasteiger partial charge in [0.25, 0.3) is 5.56 Å². The molecule has 1 fully saturated rings. The van der Waals surface area contributed by atoms with Gasteiger partial charge < -0.3 is 9.80 Å². The van der Waals surface area contributed by atoms with E-state index >= 15 is 0 Å². The summed E-state index contributed by atoms with van der Waals surface area (Å²) in [6.07, 6.45) is 0. The molecule has 6 nitrogen and oxygen atoms in total. The van der Waals surface area contributed by atoms with Crippen LogP contribution >= 0.6 is 0 Å². The lowest BCUT2D eigenvalue weighted by atomic mass is 10.1. The van der Waals surface area contributed by atoms with Crippen molar-refractivity contribution in [1.82, 2.24) is 14.7 Å². The molecule has 1 aliphatic rings. The molecule has 0 N–H and O–H groups in total. The molecule has 0 spiro atoms. The van der Waals surface area contributed by atoms with E-state index in [2.05, 4.69) is 10.00 Å². The third-order valence-corrected chi connectivity index (χ3v) is 5.05. The fourth-order valence-electron chi connectivity index (χ4n) is 3.42. The van der Waals surface area contributed by atoms with Crippen LogP contribution in [0.5, 0.6) is 0 Å². The number of aromatic nitrogens is 2. The number of benzene rings is 2. The Bertz CT molecular complexity index is 1040. The molecule has 1 amide bonds. The molecular weight excluding hydrogens is 371 g/mol. The molecule has 1 aromatic heterocycles. The summed E-state index contributed by atoms with van der Waals surface area (Å²) in [4.78, 5) is 28.7. The molecular formula is C22H21FN4O2. The van der Waals surface area contributed by atoms with Crippen LogP contribution in [0.3, 0.4) is 0 Å². The zero-order valence-corrected chi connectivity index (χ0v) is 15.9. The van der Waals surface area contributed by atoms with E-state index in [-0.39, 0.29) is 23.8 Å². The fraction of sp³-hybridized carbons (Fsp3) is 0.227. The quantitative estimate of drug-likeness (QED) is 0.684. The lowest BCUT2D eigenvalue weighted by Gasteiger charge is -2.36. The fourth-order valence-corrected chi connectivity index (χ4v) is 3.42. The lowest BCUT2D eigenvalue weighted by molar-refractivity contribution is -0.132. The molecule has 2 heterocycles. The molecule has 4 rings (SSSR count). The summed E-state index contributed by atoms with van der Waals surface area (Å²) in [5.74, 6) is -0.401. The van der Waals surface area contributed by atoms with Crippen molar-refractivity contribution in [1.29, 1.82) is 0 Å². The summed E-state index contributed by atoms with van der Waals surface area (Å²) < 4.78 is 14.3. The average Bonchev–Trinajstić information content (AvgIpc) is 2.76. The zero-order chi connectivity index (χ0) is 20.2. The van der Waals surface area contributed by atoms with Gasteiger partial charge >= 0.3 is 0 Å². The maximum atomic E-state index is 13.1. The first kappa shape index (κ1) is 18.9. The van der Waals surface area contributed by atoms with Crippen molar-refractivity contribution < 1.29 is 9.18 Å². The molecule has 7 heteroatoms. The number of anilines is 1. The lowest BCUT2D eigenvalue weighted by Crippen LogP contribution is -2.50. The second-order valence-electron chi connectivity index (χ2n) is 6.92. The van der Waals surface area contributed by atoms with Gasteiger partial charge in [0.15, 0.2) is 0 Å². The number of carbonyl (C=O) groups excluding carboxylic acids is 1. The summed E-state index contributed by atoms with van der Waals surface area (Å²) in [6.45, 7) is 2.32. The summed E-state index contributed by atoms with van der Waals surface area (Å²) in [5, 5.41) is 4.36. The Labute approximate surface area is 167 Å². The van der Waals surface area contributed by atoms with Crippen LogP contribution in [0.15, 0.2) is 71.5 Å². The first-order chi connectivity index (χ1) is 14.1. The number of nitrogens with zero attached hydrogens (tertiary/aromatic N) is 4. The molecule has 1 aliphatic heterocycles. The van der Waals surface area contributed by atoms with Gasteiger partial charge in [-0.15, -0.1) is 0 Å². The highest BCUT2D eigenvalue weighted by molar-refractivity contribution is 5.76. The van der Waals surface area contributed by atoms with Gasteiger partial charge in [0.2, 0.25) is 5.91 Å². The Hall–Kier alpha value is -3.48. The molecule has 2 aromatic carbocycles. The Morgan fingerprint density at radius 2 is 1.59 bits per heavy atom. The Balaban J connectivity index is 1.41. The number of rotatable bonds is 4. The zero-order valence-electron chi connectivity index (χ0n) is 15.9. The van der Waals surface area contributed by atoms with Gasteiger partial charge in [0.05, 0.1) is 5.69 Å². The molecule has 148 valence electrons. The van der Waals surface area contributed by atoms with Crippen molar-refractivity contribution >= 4 is 11.6 Å². The Morgan fingerprint density at radius 3 is 2.28 bits per heavy atom. The maximum Gasteiger partial charge on any atom is 0.267 e. The van der Waals surface area contributed by atoms with E-state index in [4.69, 9.17) is 0 Å². The van der Waals surface area contributed by atoms with Gasteiger partial charge in [-0.2, -0.15) is 5.10 Å². The smallest absolute Gasteiger partial charge is 0.267 e. The molecule has 0 unspecified atom stereocenters. The number of carbonyl (C=O) groups is 1. The molecule has 0 saturated carbocycles. The van der Waals surface area contributed by atoms with Crippen molar-refractivity contribution in [2.45, 2.75) is 6.54 Å². The minimum Gasteiger partial charge on any atom is -0.368 e. The molecule has 0 atom stereocenters. The molecule has 1 saturated heterocycles. The van der Waals surface area contributed by atoms with E-state index in [1.165, 1.54) is 22.9 Å². The molecule has 0 radical (unpaired) electrons. The van der Waals surface area contributed by atoms with Gasteiger partial charge in [-0.05, 0) is 30.3 Å². The van der Waals surface area contributed by atoms with Crippen LogP contribution in [0.1, 0.15) is 0 Å². The van der Waals surface area contributed by atoms with Crippen LogP contribution < -0.4 is 10.5 Å². The minimum atomic E-state index is -0.303. The summed E-state index contributed by atoms with van der Waals surface area (Å²) in [6, 6.07) is 19.0. The number of piperazine rings is 1. The van der Waals surface area contributed by atoms with Crippen molar-refractivity contribution in [3.8, 4) is 11.3 Å². The van der Waals surface area contributed by atoms with E-state index in [0.29, 0.717) is 31.9 Å². The highest BCUT2D eigenvalue weighted by atomic mass is 19.1. The van der Waals surface area contributed by atoms with Gasteiger partial charge in [-0.25, -0.2) is 9.07 Å². The van der Waals surface area contributed by atoms with E-state index in [1.54, 1.807) is 23.1 Å². The maximum absolute atomic E-state index is 13.1. The highest BCUT2D eigenvalue weighted by Crippen LogP contribution is 2.17. The van der Waals surface area contributed by atoms with E-state index in [1.807, 2.05) is 30.3 Å². The van der Waals surface area contributed by atoms with Crippen molar-refractivity contribution in [3.63, 3.8) is 0 Å². The molecule has 0 bridgehead atoms. The van der Waals surface area contributed by atoms with E-state index in [0.717, 1.165) is 11.3 Å². The number of hydrogen-bond donors (Lipinski definition) is 0. The first-order valence-electron chi connectivity index (χ1n) is 9.52. The Kier molecular flexibility index (Phi) is 5.37. The van der Waals surface area contributed by atoms with Crippen LogP contribution in [0, 0.1) is 5.82 Å².